The monoisotopic (exact) mass is 405 g/mol. The van der Waals surface area contributed by atoms with Gasteiger partial charge in [-0.05, 0) is 24.5 Å². The largest absolute Gasteiger partial charge is 0.467 e. The van der Waals surface area contributed by atoms with Crippen molar-refractivity contribution in [3.05, 3.63) is 45.3 Å². The number of benzene rings is 1. The third kappa shape index (κ3) is 4.59. The molecule has 0 bridgehead atoms. The fourth-order valence-electron chi connectivity index (χ4n) is 2.58. The minimum absolute atomic E-state index is 0.0723. The maximum atomic E-state index is 12.8. The van der Waals surface area contributed by atoms with Gasteiger partial charge in [0.15, 0.2) is 0 Å². The van der Waals surface area contributed by atoms with E-state index in [1.807, 2.05) is 19.9 Å². The highest BCUT2D eigenvalue weighted by atomic mass is 35.5. The van der Waals surface area contributed by atoms with Gasteiger partial charge in [-0.1, -0.05) is 37.6 Å². The topological polar surface area (TPSA) is 105 Å². The van der Waals surface area contributed by atoms with E-state index in [2.05, 4.69) is 5.32 Å². The Hall–Kier alpha value is -2.56. The van der Waals surface area contributed by atoms with Crippen molar-refractivity contribution in [2.75, 3.05) is 18.2 Å². The number of nitrogens with zero attached hydrogens (tertiary/aromatic N) is 1. The second-order valence-corrected chi connectivity index (χ2v) is 7.75. The summed E-state index contributed by atoms with van der Waals surface area (Å²) in [5.74, 6) is -0.599. The molecule has 27 heavy (non-hydrogen) atoms. The van der Waals surface area contributed by atoms with E-state index in [0.29, 0.717) is 22.0 Å². The van der Waals surface area contributed by atoms with Crippen molar-refractivity contribution in [1.82, 2.24) is 0 Å². The van der Waals surface area contributed by atoms with E-state index in [4.69, 9.17) is 22.1 Å². The van der Waals surface area contributed by atoms with Gasteiger partial charge in [-0.15, -0.1) is 11.3 Å². The maximum Gasteiger partial charge on any atom is 0.328 e. The number of methoxy groups -OCH3 is 1. The number of carbonyl (C=O) groups is 2. The smallest absolute Gasteiger partial charge is 0.328 e. The molecule has 1 atom stereocenters. The lowest BCUT2D eigenvalue weighted by atomic mass is 10.0. The van der Waals surface area contributed by atoms with Crippen LogP contribution in [0.3, 0.4) is 0 Å². The highest BCUT2D eigenvalue weighted by Crippen LogP contribution is 2.38. The lowest BCUT2D eigenvalue weighted by Crippen LogP contribution is -2.32. The van der Waals surface area contributed by atoms with Crippen LogP contribution < -0.4 is 11.1 Å². The second-order valence-electron chi connectivity index (χ2n) is 6.32. The Balaban J connectivity index is 2.43. The van der Waals surface area contributed by atoms with E-state index in [0.717, 1.165) is 11.3 Å². The van der Waals surface area contributed by atoms with E-state index in [-0.39, 0.29) is 27.8 Å². The summed E-state index contributed by atoms with van der Waals surface area (Å²) < 4.78 is 4.83. The molecule has 0 saturated carbocycles. The summed E-state index contributed by atoms with van der Waals surface area (Å²) in [6, 6.07) is 7.98. The van der Waals surface area contributed by atoms with Gasteiger partial charge in [-0.2, -0.15) is 5.26 Å². The number of ether oxygens (including phenoxy) is 1. The molecule has 0 spiro atoms. The molecule has 0 amide bonds. The number of anilines is 2. The van der Waals surface area contributed by atoms with Crippen LogP contribution in [0.1, 0.15) is 41.1 Å². The summed E-state index contributed by atoms with van der Waals surface area (Å²) in [4.78, 5) is 25.1. The van der Waals surface area contributed by atoms with E-state index < -0.39 is 12.0 Å². The molecule has 1 heterocycles. The molecule has 1 unspecified atom stereocenters. The highest BCUT2D eigenvalue weighted by Gasteiger charge is 2.27. The number of nitrogen functional groups attached to an aromatic ring is 1. The first kappa shape index (κ1) is 20.7. The van der Waals surface area contributed by atoms with Gasteiger partial charge in [-0.25, -0.2) is 4.79 Å². The minimum Gasteiger partial charge on any atom is -0.467 e. The van der Waals surface area contributed by atoms with Crippen LogP contribution in [0.4, 0.5) is 10.7 Å². The van der Waals surface area contributed by atoms with Gasteiger partial charge in [0.1, 0.15) is 27.6 Å². The molecular formula is C19H20ClN3O3S. The number of thiophene rings is 1. The number of carbonyl (C=O) groups excluding carboxylic acids is 2. The first-order valence-corrected chi connectivity index (χ1v) is 9.45. The average molecular weight is 406 g/mol. The van der Waals surface area contributed by atoms with Gasteiger partial charge in [0, 0.05) is 5.56 Å². The molecule has 0 aliphatic heterocycles. The molecule has 0 radical (unpaired) electrons. The molecule has 1 aromatic heterocycles. The van der Waals surface area contributed by atoms with Crippen molar-refractivity contribution in [2.24, 2.45) is 5.92 Å². The van der Waals surface area contributed by atoms with Gasteiger partial charge < -0.3 is 15.8 Å². The molecular weight excluding hydrogens is 386 g/mol. The zero-order valence-corrected chi connectivity index (χ0v) is 16.8. The van der Waals surface area contributed by atoms with Crippen molar-refractivity contribution in [3.8, 4) is 6.07 Å². The van der Waals surface area contributed by atoms with Gasteiger partial charge in [0.2, 0.25) is 5.78 Å². The summed E-state index contributed by atoms with van der Waals surface area (Å²) in [5, 5.41) is 13.2. The van der Waals surface area contributed by atoms with Crippen LogP contribution in [0.2, 0.25) is 5.02 Å². The summed E-state index contributed by atoms with van der Waals surface area (Å²) in [6.45, 7) is 3.94. The molecule has 1 aromatic carbocycles. The van der Waals surface area contributed by atoms with Crippen LogP contribution in [-0.4, -0.2) is 24.9 Å². The standard InChI is InChI=1S/C19H20ClN3O3S/c1-10(2)8-14(19(25)26-3)23-18-12(9-21)15(22)17(27-18)16(24)11-6-4-5-7-13(11)20/h4-7,10,14,23H,8,22H2,1-3H3. The zero-order chi connectivity index (χ0) is 20.1. The van der Waals surface area contributed by atoms with Gasteiger partial charge in [0.25, 0.3) is 0 Å². The Kier molecular flexibility index (Phi) is 6.83. The minimum atomic E-state index is -0.650. The number of hydrogen-bond acceptors (Lipinski definition) is 7. The number of halogens is 1. The maximum absolute atomic E-state index is 12.8. The Morgan fingerprint density at radius 2 is 2.04 bits per heavy atom. The molecule has 2 rings (SSSR count). The molecule has 0 aliphatic carbocycles. The first-order chi connectivity index (χ1) is 12.8. The molecule has 6 nitrogen and oxygen atoms in total. The van der Waals surface area contributed by atoms with Crippen molar-refractivity contribution >= 4 is 45.4 Å². The second kappa shape index (κ2) is 8.89. The molecule has 0 fully saturated rings. The Labute approximate surface area is 166 Å². The predicted molar refractivity (Wildman–Crippen MR) is 107 cm³/mol. The summed E-state index contributed by atoms with van der Waals surface area (Å²) in [5.41, 5.74) is 6.56. The van der Waals surface area contributed by atoms with E-state index in [9.17, 15) is 14.9 Å². The number of nitrogens with one attached hydrogen (secondary N) is 1. The third-order valence-electron chi connectivity index (χ3n) is 3.88. The number of rotatable bonds is 7. The third-order valence-corrected chi connectivity index (χ3v) is 5.34. The van der Waals surface area contributed by atoms with E-state index in [1.54, 1.807) is 24.3 Å². The van der Waals surface area contributed by atoms with Crippen LogP contribution in [-0.2, 0) is 9.53 Å². The van der Waals surface area contributed by atoms with Gasteiger partial charge in [0.05, 0.1) is 17.8 Å². The predicted octanol–water partition coefficient (Wildman–Crippen LogP) is 4.09. The average Bonchev–Trinajstić information content (AvgIpc) is 2.95. The zero-order valence-electron chi connectivity index (χ0n) is 15.2. The highest BCUT2D eigenvalue weighted by molar-refractivity contribution is 7.19. The molecule has 0 aliphatic rings. The van der Waals surface area contributed by atoms with Crippen LogP contribution >= 0.6 is 22.9 Å². The molecule has 8 heteroatoms. The fraction of sp³-hybridized carbons (Fsp3) is 0.316. The molecule has 0 saturated heterocycles. The summed E-state index contributed by atoms with van der Waals surface area (Å²) in [7, 11) is 1.30. The number of esters is 1. The van der Waals surface area contributed by atoms with Crippen LogP contribution in [0.25, 0.3) is 0 Å². The van der Waals surface area contributed by atoms with Gasteiger partial charge >= 0.3 is 5.97 Å². The number of nitrogens with two attached hydrogens (primary N) is 1. The fourth-order valence-corrected chi connectivity index (χ4v) is 3.88. The van der Waals surface area contributed by atoms with Crippen molar-refractivity contribution in [3.63, 3.8) is 0 Å². The molecule has 142 valence electrons. The summed E-state index contributed by atoms with van der Waals surface area (Å²) >= 11 is 7.14. The Morgan fingerprint density at radius 3 is 2.59 bits per heavy atom. The number of hydrogen-bond donors (Lipinski definition) is 2. The normalized spacial score (nSPS) is 11.7. The SMILES string of the molecule is COC(=O)C(CC(C)C)Nc1sc(C(=O)c2ccccc2Cl)c(N)c1C#N. The van der Waals surface area contributed by atoms with E-state index >= 15 is 0 Å². The Morgan fingerprint density at radius 1 is 1.37 bits per heavy atom. The van der Waals surface area contributed by atoms with Crippen LogP contribution in [0, 0.1) is 17.2 Å². The lowest BCUT2D eigenvalue weighted by Gasteiger charge is -2.18. The van der Waals surface area contributed by atoms with Crippen molar-refractivity contribution in [2.45, 2.75) is 26.3 Å². The number of nitriles is 1. The van der Waals surface area contributed by atoms with Crippen LogP contribution in [0.15, 0.2) is 24.3 Å². The lowest BCUT2D eigenvalue weighted by molar-refractivity contribution is -0.141. The number of ketones is 1. The van der Waals surface area contributed by atoms with Gasteiger partial charge in [-0.3, -0.25) is 4.79 Å². The van der Waals surface area contributed by atoms with E-state index in [1.165, 1.54) is 7.11 Å². The molecule has 3 N–H and O–H groups in total. The van der Waals surface area contributed by atoms with Crippen molar-refractivity contribution in [1.29, 1.82) is 5.26 Å². The quantitative estimate of drug-likeness (QED) is 0.531. The summed E-state index contributed by atoms with van der Waals surface area (Å²) in [6.07, 6.45) is 0.503. The van der Waals surface area contributed by atoms with Crippen molar-refractivity contribution < 1.29 is 14.3 Å². The first-order valence-electron chi connectivity index (χ1n) is 8.26. The molecule has 2 aromatic rings. The van der Waals surface area contributed by atoms with Crippen LogP contribution in [0.5, 0.6) is 0 Å². The Bertz CT molecular complexity index is 902.